The third kappa shape index (κ3) is 5.75. The Balaban J connectivity index is 1.74. The number of benzene rings is 3. The van der Waals surface area contributed by atoms with Crippen LogP contribution < -0.4 is 9.47 Å². The number of ether oxygens (including phenoxy) is 2. The molecular formula is C23H20O4. The zero-order chi connectivity index (χ0) is 18.9. The number of hydrogen-bond acceptors (Lipinski definition) is 3. The number of carboxylic acid groups (broad SMARTS) is 1. The Hall–Kier alpha value is -3.53. The van der Waals surface area contributed by atoms with Crippen LogP contribution in [0.15, 0.2) is 84.9 Å². The van der Waals surface area contributed by atoms with Crippen molar-refractivity contribution in [2.45, 2.75) is 13.2 Å². The van der Waals surface area contributed by atoms with E-state index in [9.17, 15) is 4.79 Å². The molecule has 136 valence electrons. The summed E-state index contributed by atoms with van der Waals surface area (Å²) in [4.78, 5) is 10.9. The monoisotopic (exact) mass is 360 g/mol. The molecule has 0 aliphatic heterocycles. The highest BCUT2D eigenvalue weighted by Crippen LogP contribution is 2.27. The first-order valence-electron chi connectivity index (χ1n) is 8.59. The van der Waals surface area contributed by atoms with E-state index in [0.29, 0.717) is 30.3 Å². The Labute approximate surface area is 158 Å². The fourth-order valence-corrected chi connectivity index (χ4v) is 2.52. The lowest BCUT2D eigenvalue weighted by atomic mass is 10.1. The lowest BCUT2D eigenvalue weighted by Gasteiger charge is -2.12. The maximum absolute atomic E-state index is 10.9. The van der Waals surface area contributed by atoms with Crippen LogP contribution in [0.25, 0.3) is 6.08 Å². The van der Waals surface area contributed by atoms with Crippen molar-refractivity contribution in [1.82, 2.24) is 0 Å². The van der Waals surface area contributed by atoms with Crippen LogP contribution in [-0.2, 0) is 18.0 Å². The van der Waals surface area contributed by atoms with E-state index in [-0.39, 0.29) is 0 Å². The van der Waals surface area contributed by atoms with Crippen LogP contribution in [0.4, 0.5) is 0 Å². The molecule has 27 heavy (non-hydrogen) atoms. The van der Waals surface area contributed by atoms with Gasteiger partial charge >= 0.3 is 5.97 Å². The van der Waals surface area contributed by atoms with Gasteiger partial charge in [-0.05, 0) is 35.4 Å². The minimum atomic E-state index is -1.01. The maximum atomic E-state index is 10.9. The summed E-state index contributed by atoms with van der Waals surface area (Å²) in [5, 5.41) is 8.94. The predicted molar refractivity (Wildman–Crippen MR) is 105 cm³/mol. The standard InChI is InChI=1S/C23H20O4/c24-23(25)14-11-20-15-21(26-16-18-7-3-1-4-8-18)12-13-22(20)27-17-19-9-5-2-6-10-19/h1-15H,16-17H2,(H,24,25)/b14-11+. The summed E-state index contributed by atoms with van der Waals surface area (Å²) in [6, 6.07) is 25.0. The van der Waals surface area contributed by atoms with Crippen molar-refractivity contribution in [3.63, 3.8) is 0 Å². The number of hydrogen-bond donors (Lipinski definition) is 1. The van der Waals surface area contributed by atoms with Crippen molar-refractivity contribution in [2.75, 3.05) is 0 Å². The number of rotatable bonds is 8. The molecule has 0 saturated heterocycles. The van der Waals surface area contributed by atoms with Gasteiger partial charge in [-0.1, -0.05) is 60.7 Å². The second kappa shape index (κ2) is 9.25. The second-order valence-electron chi connectivity index (χ2n) is 5.92. The minimum absolute atomic E-state index is 0.402. The zero-order valence-corrected chi connectivity index (χ0v) is 14.7. The topological polar surface area (TPSA) is 55.8 Å². The van der Waals surface area contributed by atoms with Crippen molar-refractivity contribution in [1.29, 1.82) is 0 Å². The largest absolute Gasteiger partial charge is 0.489 e. The SMILES string of the molecule is O=C(O)/C=C/c1cc(OCc2ccccc2)ccc1OCc1ccccc1. The fraction of sp³-hybridized carbons (Fsp3) is 0.0870. The summed E-state index contributed by atoms with van der Waals surface area (Å²) in [5.41, 5.74) is 2.75. The van der Waals surface area contributed by atoms with E-state index >= 15 is 0 Å². The third-order valence-corrected chi connectivity index (χ3v) is 3.87. The predicted octanol–water partition coefficient (Wildman–Crippen LogP) is 4.94. The second-order valence-corrected chi connectivity index (χ2v) is 5.92. The molecule has 1 N–H and O–H groups in total. The van der Waals surface area contributed by atoms with Crippen LogP contribution in [0.5, 0.6) is 11.5 Å². The van der Waals surface area contributed by atoms with Crippen LogP contribution in [-0.4, -0.2) is 11.1 Å². The number of aliphatic carboxylic acids is 1. The Morgan fingerprint density at radius 2 is 1.41 bits per heavy atom. The average Bonchev–Trinajstić information content (AvgIpc) is 2.71. The molecule has 0 saturated carbocycles. The van der Waals surface area contributed by atoms with E-state index < -0.39 is 5.97 Å². The van der Waals surface area contributed by atoms with Crippen LogP contribution in [0, 0.1) is 0 Å². The van der Waals surface area contributed by atoms with Gasteiger partial charge in [0, 0.05) is 11.6 Å². The van der Waals surface area contributed by atoms with Crippen LogP contribution in [0.3, 0.4) is 0 Å². The van der Waals surface area contributed by atoms with Crippen LogP contribution in [0.2, 0.25) is 0 Å². The quantitative estimate of drug-likeness (QED) is 0.578. The van der Waals surface area contributed by atoms with Crippen LogP contribution in [0.1, 0.15) is 16.7 Å². The highest BCUT2D eigenvalue weighted by molar-refractivity contribution is 5.86. The van der Waals surface area contributed by atoms with Gasteiger partial charge in [0.25, 0.3) is 0 Å². The van der Waals surface area contributed by atoms with Crippen LogP contribution >= 0.6 is 0 Å². The number of carbonyl (C=O) groups is 1. The lowest BCUT2D eigenvalue weighted by molar-refractivity contribution is -0.131. The molecule has 0 heterocycles. The molecule has 3 rings (SSSR count). The van der Waals surface area contributed by atoms with E-state index in [0.717, 1.165) is 17.2 Å². The van der Waals surface area contributed by atoms with Gasteiger partial charge in [-0.25, -0.2) is 4.79 Å². The van der Waals surface area contributed by atoms with E-state index in [1.54, 1.807) is 12.1 Å². The van der Waals surface area contributed by atoms with Gasteiger partial charge in [-0.15, -0.1) is 0 Å². The smallest absolute Gasteiger partial charge is 0.328 e. The van der Waals surface area contributed by atoms with Gasteiger partial charge in [0.1, 0.15) is 24.7 Å². The maximum Gasteiger partial charge on any atom is 0.328 e. The third-order valence-electron chi connectivity index (χ3n) is 3.87. The normalized spacial score (nSPS) is 10.7. The van der Waals surface area contributed by atoms with Crippen molar-refractivity contribution in [3.05, 3.63) is 102 Å². The van der Waals surface area contributed by atoms with E-state index in [1.807, 2.05) is 66.7 Å². The molecule has 0 radical (unpaired) electrons. The summed E-state index contributed by atoms with van der Waals surface area (Å²) >= 11 is 0. The van der Waals surface area contributed by atoms with Gasteiger partial charge in [-0.3, -0.25) is 0 Å². The molecule has 0 aromatic heterocycles. The van der Waals surface area contributed by atoms with Gasteiger partial charge in [-0.2, -0.15) is 0 Å². The van der Waals surface area contributed by atoms with Gasteiger partial charge in [0.05, 0.1) is 0 Å². The summed E-state index contributed by atoms with van der Waals surface area (Å²) in [6.07, 6.45) is 2.60. The van der Waals surface area contributed by atoms with Gasteiger partial charge < -0.3 is 14.6 Å². The highest BCUT2D eigenvalue weighted by Gasteiger charge is 2.06. The first kappa shape index (κ1) is 18.3. The molecule has 3 aromatic rings. The minimum Gasteiger partial charge on any atom is -0.489 e. The van der Waals surface area contributed by atoms with E-state index in [2.05, 4.69) is 0 Å². The van der Waals surface area contributed by atoms with Gasteiger partial charge in [0.15, 0.2) is 0 Å². The highest BCUT2D eigenvalue weighted by atomic mass is 16.5. The molecule has 0 fully saturated rings. The summed E-state index contributed by atoms with van der Waals surface area (Å²) in [6.45, 7) is 0.839. The van der Waals surface area contributed by atoms with E-state index in [4.69, 9.17) is 14.6 Å². The van der Waals surface area contributed by atoms with Gasteiger partial charge in [0.2, 0.25) is 0 Å². The molecule has 4 nitrogen and oxygen atoms in total. The Morgan fingerprint density at radius 1 is 0.815 bits per heavy atom. The van der Waals surface area contributed by atoms with Crippen molar-refractivity contribution in [2.24, 2.45) is 0 Å². The van der Waals surface area contributed by atoms with Crippen molar-refractivity contribution in [3.8, 4) is 11.5 Å². The van der Waals surface area contributed by atoms with Crippen molar-refractivity contribution < 1.29 is 19.4 Å². The molecule has 3 aromatic carbocycles. The molecule has 0 bridgehead atoms. The molecule has 4 heteroatoms. The molecule has 0 aliphatic rings. The van der Waals surface area contributed by atoms with E-state index in [1.165, 1.54) is 6.08 Å². The molecule has 0 atom stereocenters. The summed E-state index contributed by atoms with van der Waals surface area (Å²) < 4.78 is 11.7. The Bertz CT molecular complexity index is 902. The van der Waals surface area contributed by atoms with Crippen molar-refractivity contribution >= 4 is 12.0 Å². The lowest BCUT2D eigenvalue weighted by Crippen LogP contribution is -1.99. The molecule has 0 aliphatic carbocycles. The Morgan fingerprint density at radius 3 is 2.00 bits per heavy atom. The first-order valence-corrected chi connectivity index (χ1v) is 8.59. The molecule has 0 unspecified atom stereocenters. The Kier molecular flexibility index (Phi) is 6.26. The number of carboxylic acids is 1. The average molecular weight is 360 g/mol. The molecular weight excluding hydrogens is 340 g/mol. The molecule has 0 spiro atoms. The zero-order valence-electron chi connectivity index (χ0n) is 14.7. The fourth-order valence-electron chi connectivity index (χ4n) is 2.52. The first-order chi connectivity index (χ1) is 13.2. The summed E-state index contributed by atoms with van der Waals surface area (Å²) in [7, 11) is 0. The summed E-state index contributed by atoms with van der Waals surface area (Å²) in [5.74, 6) is 0.235. The molecule has 0 amide bonds.